The number of hydrogen-bond acceptors (Lipinski definition) is 4. The lowest BCUT2D eigenvalue weighted by atomic mass is 9.71. The lowest BCUT2D eigenvalue weighted by Gasteiger charge is -2.43. The average molecular weight is 308 g/mol. The average Bonchev–Trinajstić information content (AvgIpc) is 3.25. The molecule has 0 aliphatic heterocycles. The zero-order valence-corrected chi connectivity index (χ0v) is 13.0. The van der Waals surface area contributed by atoms with Gasteiger partial charge in [-0.3, -0.25) is 0 Å². The van der Waals surface area contributed by atoms with Crippen LogP contribution in [0.4, 0.5) is 0 Å². The van der Waals surface area contributed by atoms with E-state index in [0.717, 1.165) is 12.8 Å². The molecule has 1 spiro atoms. The molecule has 0 aromatic heterocycles. The van der Waals surface area contributed by atoms with Gasteiger partial charge in [0.05, 0.1) is 21.5 Å². The number of benzene rings is 1. The monoisotopic (exact) mass is 308 g/mol. The van der Waals surface area contributed by atoms with Gasteiger partial charge in [-0.1, -0.05) is 18.2 Å². The molecule has 0 amide bonds. The van der Waals surface area contributed by atoms with E-state index in [4.69, 9.17) is 0 Å². The van der Waals surface area contributed by atoms with Crippen molar-refractivity contribution in [2.75, 3.05) is 0 Å². The summed E-state index contributed by atoms with van der Waals surface area (Å²) in [5, 5.41) is 20.8. The number of hydrogen-bond donors (Lipinski definition) is 2. The van der Waals surface area contributed by atoms with E-state index in [1.54, 1.807) is 44.2 Å². The maximum Gasteiger partial charge on any atom is 0.202 e. The summed E-state index contributed by atoms with van der Waals surface area (Å²) in [6, 6.07) is 8.27. The lowest BCUT2D eigenvalue weighted by Crippen LogP contribution is -2.51. The molecule has 5 heteroatoms. The molecule has 1 aromatic carbocycles. The van der Waals surface area contributed by atoms with Crippen LogP contribution in [-0.2, 0) is 9.84 Å². The minimum atomic E-state index is -3.62. The molecule has 3 rings (SSSR count). The Morgan fingerprint density at radius 2 is 1.76 bits per heavy atom. The molecule has 2 aliphatic rings. The van der Waals surface area contributed by atoms with Crippen LogP contribution in [0, 0.1) is 5.41 Å². The van der Waals surface area contributed by atoms with Gasteiger partial charge in [0.2, 0.25) is 9.84 Å². The van der Waals surface area contributed by atoms with Gasteiger partial charge in [-0.25, -0.2) is 8.42 Å². The summed E-state index contributed by atoms with van der Waals surface area (Å²) in [4.78, 5) is 0.508. The minimum Gasteiger partial charge on any atom is -0.390 e. The van der Waals surface area contributed by atoms with E-state index in [0.29, 0.717) is 5.57 Å². The van der Waals surface area contributed by atoms with Crippen LogP contribution >= 0.6 is 0 Å². The van der Waals surface area contributed by atoms with Gasteiger partial charge in [-0.2, -0.15) is 0 Å². The van der Waals surface area contributed by atoms with Crippen LogP contribution in [0.15, 0.2) is 45.7 Å². The SMILES string of the molecule is CC1=C(S(=O)(=O)c2ccccc2)C[C@@H](O)[C@](C)(O)C12CC2. The molecule has 4 nitrogen and oxygen atoms in total. The van der Waals surface area contributed by atoms with Gasteiger partial charge >= 0.3 is 0 Å². The van der Waals surface area contributed by atoms with Crippen molar-refractivity contribution in [3.05, 3.63) is 40.8 Å². The molecule has 0 unspecified atom stereocenters. The zero-order valence-electron chi connectivity index (χ0n) is 12.2. The Labute approximate surface area is 125 Å². The summed E-state index contributed by atoms with van der Waals surface area (Å²) in [5.41, 5.74) is -1.13. The van der Waals surface area contributed by atoms with E-state index >= 15 is 0 Å². The minimum absolute atomic E-state index is 0.0299. The molecular weight excluding hydrogens is 288 g/mol. The molecule has 0 heterocycles. The van der Waals surface area contributed by atoms with Crippen LogP contribution in [0.3, 0.4) is 0 Å². The molecule has 21 heavy (non-hydrogen) atoms. The van der Waals surface area contributed by atoms with Crippen LogP contribution in [0.1, 0.15) is 33.1 Å². The maximum atomic E-state index is 12.8. The molecule has 0 bridgehead atoms. The number of aliphatic hydroxyl groups excluding tert-OH is 1. The number of sulfone groups is 1. The fourth-order valence-electron chi connectivity index (χ4n) is 3.55. The first kappa shape index (κ1) is 14.8. The smallest absolute Gasteiger partial charge is 0.202 e. The molecule has 114 valence electrons. The van der Waals surface area contributed by atoms with Crippen molar-refractivity contribution >= 4 is 9.84 Å². The first-order valence-electron chi connectivity index (χ1n) is 7.14. The summed E-state index contributed by atoms with van der Waals surface area (Å²) in [6.07, 6.45) is 0.350. The third-order valence-electron chi connectivity index (χ3n) is 5.26. The Balaban J connectivity index is 2.15. The van der Waals surface area contributed by atoms with Crippen LogP contribution in [0.25, 0.3) is 0 Å². The molecule has 1 aromatic rings. The van der Waals surface area contributed by atoms with Gasteiger partial charge < -0.3 is 10.2 Å². The second kappa shape index (κ2) is 4.41. The summed E-state index contributed by atoms with van der Waals surface area (Å²) in [6.45, 7) is 3.39. The van der Waals surface area contributed by atoms with Gasteiger partial charge in [-0.15, -0.1) is 0 Å². The van der Waals surface area contributed by atoms with E-state index in [1.807, 2.05) is 0 Å². The molecule has 2 atom stereocenters. The topological polar surface area (TPSA) is 74.6 Å². The summed E-state index contributed by atoms with van der Waals surface area (Å²) >= 11 is 0. The second-order valence-corrected chi connectivity index (χ2v) is 8.29. The maximum absolute atomic E-state index is 12.8. The standard InChI is InChI=1S/C16H20O4S/c1-11-13(21(19,20)12-6-4-3-5-7-12)10-14(17)15(2,18)16(11)8-9-16/h3-7,14,17-18H,8-10H2,1-2H3/t14-,15+/m1/s1. The Morgan fingerprint density at radius 3 is 2.29 bits per heavy atom. The van der Waals surface area contributed by atoms with Gasteiger partial charge in [0.25, 0.3) is 0 Å². The van der Waals surface area contributed by atoms with E-state index in [9.17, 15) is 18.6 Å². The van der Waals surface area contributed by atoms with Crippen LogP contribution in [0.2, 0.25) is 0 Å². The van der Waals surface area contributed by atoms with Crippen molar-refractivity contribution < 1.29 is 18.6 Å². The summed E-state index contributed by atoms with van der Waals surface area (Å²) < 4.78 is 25.6. The summed E-state index contributed by atoms with van der Waals surface area (Å²) in [5.74, 6) is 0. The van der Waals surface area contributed by atoms with E-state index in [-0.39, 0.29) is 16.2 Å². The fraction of sp³-hybridized carbons (Fsp3) is 0.500. The predicted molar refractivity (Wildman–Crippen MR) is 79.2 cm³/mol. The van der Waals surface area contributed by atoms with Crippen molar-refractivity contribution in [1.82, 2.24) is 0 Å². The predicted octanol–water partition coefficient (Wildman–Crippen LogP) is 2.03. The highest BCUT2D eigenvalue weighted by atomic mass is 32.2. The van der Waals surface area contributed by atoms with Crippen molar-refractivity contribution in [3.8, 4) is 0 Å². The highest BCUT2D eigenvalue weighted by Crippen LogP contribution is 2.64. The zero-order chi connectivity index (χ0) is 15.5. The molecule has 2 aliphatic carbocycles. The van der Waals surface area contributed by atoms with E-state index in [2.05, 4.69) is 0 Å². The number of aliphatic hydroxyl groups is 2. The first-order chi connectivity index (χ1) is 9.73. The van der Waals surface area contributed by atoms with Crippen molar-refractivity contribution in [1.29, 1.82) is 0 Å². The van der Waals surface area contributed by atoms with Crippen LogP contribution in [-0.4, -0.2) is 30.3 Å². The van der Waals surface area contributed by atoms with Gasteiger partial charge in [0.1, 0.15) is 0 Å². The van der Waals surface area contributed by atoms with E-state index < -0.39 is 27.0 Å². The van der Waals surface area contributed by atoms with Gasteiger partial charge in [-0.05, 0) is 44.4 Å². The quantitative estimate of drug-likeness (QED) is 0.876. The molecular formula is C16H20O4S. The van der Waals surface area contributed by atoms with Crippen molar-refractivity contribution in [3.63, 3.8) is 0 Å². The Bertz CT molecular complexity index is 697. The molecule has 0 radical (unpaired) electrons. The third kappa shape index (κ3) is 1.91. The molecule has 0 saturated heterocycles. The highest BCUT2D eigenvalue weighted by molar-refractivity contribution is 7.95. The normalized spacial score (nSPS) is 31.5. The van der Waals surface area contributed by atoms with E-state index in [1.165, 1.54) is 0 Å². The van der Waals surface area contributed by atoms with Crippen LogP contribution in [0.5, 0.6) is 0 Å². The van der Waals surface area contributed by atoms with Crippen LogP contribution < -0.4 is 0 Å². The van der Waals surface area contributed by atoms with Crippen molar-refractivity contribution in [2.45, 2.75) is 49.7 Å². The Kier molecular flexibility index (Phi) is 3.10. The highest BCUT2D eigenvalue weighted by Gasteiger charge is 2.63. The summed E-state index contributed by atoms with van der Waals surface area (Å²) in [7, 11) is -3.62. The molecule has 1 fully saturated rings. The second-order valence-electron chi connectivity index (χ2n) is 6.31. The Hall–Kier alpha value is -1.17. The molecule has 2 N–H and O–H groups in total. The molecule has 1 saturated carbocycles. The van der Waals surface area contributed by atoms with Crippen molar-refractivity contribution in [2.24, 2.45) is 5.41 Å². The fourth-order valence-corrected chi connectivity index (χ4v) is 5.33. The van der Waals surface area contributed by atoms with Gasteiger partial charge in [0, 0.05) is 11.8 Å². The number of rotatable bonds is 2. The third-order valence-corrected chi connectivity index (χ3v) is 7.27. The Morgan fingerprint density at radius 1 is 1.19 bits per heavy atom. The lowest BCUT2D eigenvalue weighted by molar-refractivity contribution is -0.106. The largest absolute Gasteiger partial charge is 0.390 e. The first-order valence-corrected chi connectivity index (χ1v) is 8.62. The van der Waals surface area contributed by atoms with Gasteiger partial charge in [0.15, 0.2) is 0 Å².